The van der Waals surface area contributed by atoms with Crippen LogP contribution < -0.4 is 5.32 Å². The standard InChI is InChI=1S/C13H28N2O2/c1-4-12(5-2)14-13(17)11-15(3)9-7-6-8-10-16/h12,16H,4-11H2,1-3H3,(H,14,17). The number of carbonyl (C=O) groups is 1. The number of carbonyl (C=O) groups excluding carboxylic acids is 1. The van der Waals surface area contributed by atoms with Crippen molar-refractivity contribution in [2.45, 2.75) is 52.0 Å². The van der Waals surface area contributed by atoms with E-state index in [9.17, 15) is 4.79 Å². The second-order valence-electron chi connectivity index (χ2n) is 4.60. The Hall–Kier alpha value is -0.610. The average Bonchev–Trinajstić information content (AvgIpc) is 2.31. The van der Waals surface area contributed by atoms with Crippen molar-refractivity contribution in [2.24, 2.45) is 0 Å². The molecule has 0 heterocycles. The van der Waals surface area contributed by atoms with E-state index in [1.807, 2.05) is 11.9 Å². The molecule has 0 fully saturated rings. The van der Waals surface area contributed by atoms with E-state index in [2.05, 4.69) is 19.2 Å². The lowest BCUT2D eigenvalue weighted by Crippen LogP contribution is -2.40. The molecule has 0 aromatic heterocycles. The maximum absolute atomic E-state index is 11.7. The summed E-state index contributed by atoms with van der Waals surface area (Å²) in [5, 5.41) is 11.7. The Morgan fingerprint density at radius 2 is 1.88 bits per heavy atom. The average molecular weight is 244 g/mol. The van der Waals surface area contributed by atoms with Crippen LogP contribution in [0.15, 0.2) is 0 Å². The van der Waals surface area contributed by atoms with E-state index in [0.29, 0.717) is 12.6 Å². The van der Waals surface area contributed by atoms with Gasteiger partial charge in [0.1, 0.15) is 0 Å². The summed E-state index contributed by atoms with van der Waals surface area (Å²) in [6, 6.07) is 0.310. The zero-order valence-corrected chi connectivity index (χ0v) is 11.5. The van der Waals surface area contributed by atoms with E-state index in [1.165, 1.54) is 0 Å². The first-order valence-electron chi connectivity index (χ1n) is 6.72. The van der Waals surface area contributed by atoms with Crippen LogP contribution in [0.5, 0.6) is 0 Å². The molecule has 102 valence electrons. The fourth-order valence-corrected chi connectivity index (χ4v) is 1.76. The quantitative estimate of drug-likeness (QED) is 0.571. The summed E-state index contributed by atoms with van der Waals surface area (Å²) in [6.45, 7) is 5.82. The van der Waals surface area contributed by atoms with Gasteiger partial charge in [-0.3, -0.25) is 9.69 Å². The van der Waals surface area contributed by atoms with Crippen LogP contribution in [0, 0.1) is 0 Å². The molecule has 17 heavy (non-hydrogen) atoms. The molecule has 0 aliphatic heterocycles. The summed E-state index contributed by atoms with van der Waals surface area (Å²) in [6.07, 6.45) is 4.89. The molecule has 0 aromatic carbocycles. The van der Waals surface area contributed by atoms with Crippen molar-refractivity contribution in [1.82, 2.24) is 10.2 Å². The number of amides is 1. The molecule has 0 radical (unpaired) electrons. The molecule has 0 bridgehead atoms. The second-order valence-corrected chi connectivity index (χ2v) is 4.60. The third kappa shape index (κ3) is 9.12. The highest BCUT2D eigenvalue weighted by Gasteiger charge is 2.10. The molecular formula is C13H28N2O2. The zero-order valence-electron chi connectivity index (χ0n) is 11.5. The molecule has 0 saturated carbocycles. The number of likely N-dealkylation sites (N-methyl/N-ethyl adjacent to an activating group) is 1. The topological polar surface area (TPSA) is 52.6 Å². The fourth-order valence-electron chi connectivity index (χ4n) is 1.76. The second kappa shape index (κ2) is 10.5. The predicted octanol–water partition coefficient (Wildman–Crippen LogP) is 1.39. The van der Waals surface area contributed by atoms with Gasteiger partial charge in [0.25, 0.3) is 0 Å². The Bertz CT molecular complexity index is 194. The number of aliphatic hydroxyl groups excluding tert-OH is 1. The highest BCUT2D eigenvalue weighted by Crippen LogP contribution is 1.98. The lowest BCUT2D eigenvalue weighted by Gasteiger charge is -2.19. The van der Waals surface area contributed by atoms with Crippen LogP contribution in [-0.4, -0.2) is 48.7 Å². The van der Waals surface area contributed by atoms with Crippen LogP contribution in [-0.2, 0) is 4.79 Å². The summed E-state index contributed by atoms with van der Waals surface area (Å²) in [7, 11) is 1.96. The van der Waals surface area contributed by atoms with E-state index < -0.39 is 0 Å². The monoisotopic (exact) mass is 244 g/mol. The van der Waals surface area contributed by atoms with Gasteiger partial charge in [-0.25, -0.2) is 0 Å². The molecule has 4 nitrogen and oxygen atoms in total. The Morgan fingerprint density at radius 1 is 1.24 bits per heavy atom. The van der Waals surface area contributed by atoms with Crippen molar-refractivity contribution in [1.29, 1.82) is 0 Å². The number of hydrogen-bond acceptors (Lipinski definition) is 3. The van der Waals surface area contributed by atoms with Gasteiger partial charge in [-0.1, -0.05) is 13.8 Å². The van der Waals surface area contributed by atoms with Gasteiger partial charge in [0.2, 0.25) is 5.91 Å². The molecule has 1 amide bonds. The Morgan fingerprint density at radius 3 is 2.41 bits per heavy atom. The molecule has 2 N–H and O–H groups in total. The summed E-state index contributed by atoms with van der Waals surface area (Å²) in [5.74, 6) is 0.114. The van der Waals surface area contributed by atoms with Crippen LogP contribution in [0.25, 0.3) is 0 Å². The molecule has 0 rings (SSSR count). The van der Waals surface area contributed by atoms with Gasteiger partial charge in [-0.15, -0.1) is 0 Å². The minimum atomic E-state index is 0.114. The van der Waals surface area contributed by atoms with Crippen molar-refractivity contribution in [3.05, 3.63) is 0 Å². The van der Waals surface area contributed by atoms with Crippen molar-refractivity contribution in [3.63, 3.8) is 0 Å². The molecule has 4 heteroatoms. The molecule has 0 saturated heterocycles. The molecule has 0 unspecified atom stereocenters. The van der Waals surface area contributed by atoms with Crippen LogP contribution in [0.4, 0.5) is 0 Å². The van der Waals surface area contributed by atoms with Gasteiger partial charge >= 0.3 is 0 Å². The van der Waals surface area contributed by atoms with Gasteiger partial charge in [0.05, 0.1) is 6.54 Å². The summed E-state index contributed by atoms with van der Waals surface area (Å²) < 4.78 is 0. The maximum atomic E-state index is 11.7. The van der Waals surface area contributed by atoms with E-state index in [0.717, 1.165) is 38.6 Å². The summed E-state index contributed by atoms with van der Waals surface area (Å²) >= 11 is 0. The Labute approximate surface area is 105 Å². The number of nitrogens with zero attached hydrogens (tertiary/aromatic N) is 1. The van der Waals surface area contributed by atoms with E-state index in [1.54, 1.807) is 0 Å². The Kier molecular flexibility index (Phi) is 10.2. The molecule has 0 atom stereocenters. The van der Waals surface area contributed by atoms with Crippen LogP contribution in [0.2, 0.25) is 0 Å². The van der Waals surface area contributed by atoms with Gasteiger partial charge in [-0.2, -0.15) is 0 Å². The summed E-state index contributed by atoms with van der Waals surface area (Å²) in [4.78, 5) is 13.7. The van der Waals surface area contributed by atoms with Crippen molar-refractivity contribution < 1.29 is 9.90 Å². The van der Waals surface area contributed by atoms with Gasteiger partial charge < -0.3 is 10.4 Å². The molecule has 0 spiro atoms. The minimum Gasteiger partial charge on any atom is -0.396 e. The van der Waals surface area contributed by atoms with Crippen LogP contribution in [0.1, 0.15) is 46.0 Å². The summed E-state index contributed by atoms with van der Waals surface area (Å²) in [5.41, 5.74) is 0. The van der Waals surface area contributed by atoms with Gasteiger partial charge in [0, 0.05) is 12.6 Å². The predicted molar refractivity (Wildman–Crippen MR) is 70.9 cm³/mol. The minimum absolute atomic E-state index is 0.114. The lowest BCUT2D eigenvalue weighted by molar-refractivity contribution is -0.122. The molecular weight excluding hydrogens is 216 g/mol. The molecule has 0 aromatic rings. The third-order valence-electron chi connectivity index (χ3n) is 2.96. The number of rotatable bonds is 10. The smallest absolute Gasteiger partial charge is 0.234 e. The highest BCUT2D eigenvalue weighted by atomic mass is 16.2. The van der Waals surface area contributed by atoms with Crippen molar-refractivity contribution >= 4 is 5.91 Å². The third-order valence-corrected chi connectivity index (χ3v) is 2.96. The van der Waals surface area contributed by atoms with Crippen molar-refractivity contribution in [3.8, 4) is 0 Å². The molecule has 0 aliphatic carbocycles. The van der Waals surface area contributed by atoms with E-state index in [4.69, 9.17) is 5.11 Å². The SMILES string of the molecule is CCC(CC)NC(=O)CN(C)CCCCCO. The van der Waals surface area contributed by atoms with E-state index in [-0.39, 0.29) is 12.5 Å². The first-order valence-corrected chi connectivity index (χ1v) is 6.72. The highest BCUT2D eigenvalue weighted by molar-refractivity contribution is 5.78. The van der Waals surface area contributed by atoms with Gasteiger partial charge in [0.15, 0.2) is 0 Å². The van der Waals surface area contributed by atoms with Crippen molar-refractivity contribution in [2.75, 3.05) is 26.7 Å². The number of unbranched alkanes of at least 4 members (excludes halogenated alkanes) is 2. The largest absolute Gasteiger partial charge is 0.396 e. The molecule has 0 aliphatic rings. The van der Waals surface area contributed by atoms with Crippen LogP contribution in [0.3, 0.4) is 0 Å². The number of aliphatic hydroxyl groups is 1. The first kappa shape index (κ1) is 16.4. The van der Waals surface area contributed by atoms with Crippen LogP contribution >= 0.6 is 0 Å². The fraction of sp³-hybridized carbons (Fsp3) is 0.923. The zero-order chi connectivity index (χ0) is 13.1. The number of hydrogen-bond donors (Lipinski definition) is 2. The normalized spacial score (nSPS) is 11.2. The first-order chi connectivity index (χ1) is 8.13. The maximum Gasteiger partial charge on any atom is 0.234 e. The number of nitrogens with one attached hydrogen (secondary N) is 1. The van der Waals surface area contributed by atoms with E-state index >= 15 is 0 Å². The van der Waals surface area contributed by atoms with Gasteiger partial charge in [-0.05, 0) is 45.7 Å². The Balaban J connectivity index is 3.64. The lowest BCUT2D eigenvalue weighted by atomic mass is 10.2.